The molecule has 10 nitrogen and oxygen atoms in total. The number of likely N-dealkylation sites (tertiary alicyclic amines) is 1. The van der Waals surface area contributed by atoms with Crippen molar-refractivity contribution in [2.45, 2.75) is 19.1 Å². The number of anilines is 3. The van der Waals surface area contributed by atoms with E-state index in [9.17, 15) is 4.79 Å². The summed E-state index contributed by atoms with van der Waals surface area (Å²) >= 11 is 6.48. The number of pyridine rings is 1. The van der Waals surface area contributed by atoms with E-state index in [-0.39, 0.29) is 18.6 Å². The van der Waals surface area contributed by atoms with E-state index in [2.05, 4.69) is 36.7 Å². The Bertz CT molecular complexity index is 1440. The first-order valence-electron chi connectivity index (χ1n) is 11.7. The Morgan fingerprint density at radius 3 is 2.92 bits per heavy atom. The molecular weight excluding hydrogens is 492 g/mol. The number of fused-ring (bicyclic) bond motifs is 1. The number of carbonyl (C=O) groups is 1. The van der Waals surface area contributed by atoms with Crippen LogP contribution in [0, 0.1) is 0 Å². The van der Waals surface area contributed by atoms with Crippen LogP contribution in [0.1, 0.15) is 12.1 Å². The van der Waals surface area contributed by atoms with Crippen molar-refractivity contribution in [1.29, 1.82) is 0 Å². The Hall–Kier alpha value is -4.31. The lowest BCUT2D eigenvalue weighted by Gasteiger charge is -2.26. The number of hydrogen-bond acceptors (Lipinski definition) is 9. The van der Waals surface area contributed by atoms with Crippen molar-refractivity contribution in [2.75, 3.05) is 30.4 Å². The van der Waals surface area contributed by atoms with E-state index >= 15 is 0 Å². The zero-order valence-electron chi connectivity index (χ0n) is 20.2. The summed E-state index contributed by atoms with van der Waals surface area (Å²) in [6.07, 6.45) is 6.84. The average Bonchev–Trinajstić information content (AvgIpc) is 3.43. The first-order chi connectivity index (χ1) is 18.0. The van der Waals surface area contributed by atoms with Crippen molar-refractivity contribution >= 4 is 45.9 Å². The van der Waals surface area contributed by atoms with Gasteiger partial charge in [-0.25, -0.2) is 24.9 Å². The molecular formula is C26H25ClN8O2. The van der Waals surface area contributed by atoms with Gasteiger partial charge in [-0.1, -0.05) is 18.2 Å². The normalized spacial score (nSPS) is 15.0. The molecule has 1 aliphatic heterocycles. The van der Waals surface area contributed by atoms with Crippen LogP contribution in [0.15, 0.2) is 67.9 Å². The highest BCUT2D eigenvalue weighted by Gasteiger charge is 2.28. The first kappa shape index (κ1) is 24.4. The third-order valence-electron chi connectivity index (χ3n) is 6.24. The molecule has 0 spiro atoms. The first-order valence-corrected chi connectivity index (χ1v) is 12.1. The number of aromatic nitrogens is 5. The molecule has 4 heterocycles. The lowest BCUT2D eigenvalue weighted by atomic mass is 10.2. The largest absolute Gasteiger partial charge is 0.486 e. The van der Waals surface area contributed by atoms with E-state index in [4.69, 9.17) is 21.3 Å². The summed E-state index contributed by atoms with van der Waals surface area (Å²) in [6.45, 7) is 5.19. The monoisotopic (exact) mass is 516 g/mol. The molecule has 1 atom stereocenters. The van der Waals surface area contributed by atoms with Crippen molar-refractivity contribution in [1.82, 2.24) is 29.8 Å². The summed E-state index contributed by atoms with van der Waals surface area (Å²) < 4.78 is 5.80. The Morgan fingerprint density at radius 1 is 1.24 bits per heavy atom. The topological polar surface area (TPSA) is 109 Å². The number of hydrogen-bond donors (Lipinski definition) is 1. The van der Waals surface area contributed by atoms with Gasteiger partial charge in [0.1, 0.15) is 36.3 Å². The molecule has 4 aromatic rings. The lowest BCUT2D eigenvalue weighted by Crippen LogP contribution is -2.36. The maximum absolute atomic E-state index is 12.0. The Balaban J connectivity index is 1.33. The fourth-order valence-electron chi connectivity index (χ4n) is 4.18. The summed E-state index contributed by atoms with van der Waals surface area (Å²) in [5.74, 6) is 1.82. The zero-order chi connectivity index (χ0) is 25.8. The van der Waals surface area contributed by atoms with Crippen LogP contribution in [-0.2, 0) is 11.4 Å². The standard InChI is InChI=1S/C26H25ClN8O2/c1-3-24(36)35-11-9-19(13-35)34(2)23-7-5-21-25(33-23)26(31-16-30-21)32-17-4-6-22(20(27)12-17)37-14-18-8-10-28-15-29-18/h3-8,10,12,15-16,19H,1,9,11,13-14H2,2H3,(H,30,31,32). The van der Waals surface area contributed by atoms with Gasteiger partial charge < -0.3 is 19.9 Å². The van der Waals surface area contributed by atoms with Gasteiger partial charge >= 0.3 is 0 Å². The molecule has 1 amide bonds. The third-order valence-corrected chi connectivity index (χ3v) is 6.53. The van der Waals surface area contributed by atoms with Gasteiger partial charge in [-0.15, -0.1) is 0 Å². The molecule has 1 N–H and O–H groups in total. The minimum absolute atomic E-state index is 0.0497. The van der Waals surface area contributed by atoms with Gasteiger partial charge in [0.25, 0.3) is 0 Å². The van der Waals surface area contributed by atoms with E-state index < -0.39 is 0 Å². The average molecular weight is 517 g/mol. The smallest absolute Gasteiger partial charge is 0.246 e. The summed E-state index contributed by atoms with van der Waals surface area (Å²) in [6, 6.07) is 11.2. The Kier molecular flexibility index (Phi) is 7.09. The SMILES string of the molecule is C=CC(=O)N1CCC(N(C)c2ccc3ncnc(Nc4ccc(OCc5ccncn5)c(Cl)c4)c3n2)C1. The Morgan fingerprint density at radius 2 is 2.14 bits per heavy atom. The second-order valence-electron chi connectivity index (χ2n) is 8.56. The second-order valence-corrected chi connectivity index (χ2v) is 8.97. The molecule has 3 aromatic heterocycles. The van der Waals surface area contributed by atoms with Gasteiger partial charge in [0.15, 0.2) is 5.82 Å². The van der Waals surface area contributed by atoms with Gasteiger partial charge in [-0.2, -0.15) is 0 Å². The third kappa shape index (κ3) is 5.44. The fraction of sp³-hybridized carbons (Fsp3) is 0.231. The van der Waals surface area contributed by atoms with Crippen LogP contribution < -0.4 is 15.0 Å². The predicted octanol–water partition coefficient (Wildman–Crippen LogP) is 4.01. The van der Waals surface area contributed by atoms with Crippen molar-refractivity contribution in [3.8, 4) is 5.75 Å². The van der Waals surface area contributed by atoms with Crippen molar-refractivity contribution in [3.05, 3.63) is 78.6 Å². The molecule has 0 saturated carbocycles. The van der Waals surface area contributed by atoms with Gasteiger partial charge in [-0.05, 0) is 48.9 Å². The number of nitrogens with one attached hydrogen (secondary N) is 1. The molecule has 1 aromatic carbocycles. The van der Waals surface area contributed by atoms with Crippen LogP contribution in [0.5, 0.6) is 5.75 Å². The van der Waals surface area contributed by atoms with Gasteiger partial charge in [0.2, 0.25) is 5.91 Å². The zero-order valence-corrected chi connectivity index (χ0v) is 21.0. The number of carbonyl (C=O) groups excluding carboxylic acids is 1. The van der Waals surface area contributed by atoms with Crippen molar-refractivity contribution in [2.24, 2.45) is 0 Å². The van der Waals surface area contributed by atoms with Gasteiger partial charge in [0, 0.05) is 38.1 Å². The highest BCUT2D eigenvalue weighted by molar-refractivity contribution is 6.32. The van der Waals surface area contributed by atoms with Crippen LogP contribution in [-0.4, -0.2) is 61.9 Å². The fourth-order valence-corrected chi connectivity index (χ4v) is 4.41. The number of nitrogens with zero attached hydrogens (tertiary/aromatic N) is 7. The number of amides is 1. The molecule has 0 aliphatic carbocycles. The van der Waals surface area contributed by atoms with E-state index in [0.717, 1.165) is 23.6 Å². The second kappa shape index (κ2) is 10.8. The maximum atomic E-state index is 12.0. The highest BCUT2D eigenvalue weighted by atomic mass is 35.5. The molecule has 0 bridgehead atoms. The summed E-state index contributed by atoms with van der Waals surface area (Å²) in [7, 11) is 1.98. The number of ether oxygens (including phenoxy) is 1. The number of rotatable bonds is 8. The van der Waals surface area contributed by atoms with Crippen LogP contribution >= 0.6 is 11.6 Å². The van der Waals surface area contributed by atoms with Crippen LogP contribution in [0.25, 0.3) is 11.0 Å². The highest BCUT2D eigenvalue weighted by Crippen LogP contribution is 2.31. The van der Waals surface area contributed by atoms with E-state index in [1.165, 1.54) is 18.7 Å². The predicted molar refractivity (Wildman–Crippen MR) is 142 cm³/mol. The quantitative estimate of drug-likeness (QED) is 0.347. The van der Waals surface area contributed by atoms with E-state index in [0.29, 0.717) is 40.7 Å². The van der Waals surface area contributed by atoms with E-state index in [1.54, 1.807) is 29.3 Å². The molecule has 188 valence electrons. The van der Waals surface area contributed by atoms with Crippen LogP contribution in [0.2, 0.25) is 5.02 Å². The van der Waals surface area contributed by atoms with Crippen LogP contribution in [0.4, 0.5) is 17.3 Å². The maximum Gasteiger partial charge on any atom is 0.246 e. The minimum atomic E-state index is -0.0497. The molecule has 37 heavy (non-hydrogen) atoms. The van der Waals surface area contributed by atoms with Gasteiger partial charge in [0.05, 0.1) is 16.2 Å². The molecule has 5 rings (SSSR count). The molecule has 1 saturated heterocycles. The minimum Gasteiger partial charge on any atom is -0.486 e. The number of benzene rings is 1. The van der Waals surface area contributed by atoms with Crippen LogP contribution in [0.3, 0.4) is 0 Å². The molecule has 1 aliphatic rings. The molecule has 1 fully saturated rings. The summed E-state index contributed by atoms with van der Waals surface area (Å²) in [5.41, 5.74) is 2.82. The van der Waals surface area contributed by atoms with Crippen molar-refractivity contribution < 1.29 is 9.53 Å². The molecule has 0 radical (unpaired) electrons. The molecule has 11 heteroatoms. The number of likely N-dealkylation sites (N-methyl/N-ethyl adjacent to an activating group) is 1. The lowest BCUT2D eigenvalue weighted by molar-refractivity contribution is -0.125. The number of halogens is 1. The summed E-state index contributed by atoms with van der Waals surface area (Å²) in [4.78, 5) is 37.6. The van der Waals surface area contributed by atoms with Crippen molar-refractivity contribution in [3.63, 3.8) is 0 Å². The van der Waals surface area contributed by atoms with Gasteiger partial charge in [-0.3, -0.25) is 4.79 Å². The molecule has 1 unspecified atom stereocenters. The van der Waals surface area contributed by atoms with E-state index in [1.807, 2.05) is 25.2 Å². The summed E-state index contributed by atoms with van der Waals surface area (Å²) in [5, 5.41) is 3.75. The Labute approximate surface area is 219 Å².